The molecule has 2 aromatic heterocycles. The number of likely N-dealkylation sites (tertiary alicyclic amines) is 2. The Labute approximate surface area is 391 Å². The lowest BCUT2D eigenvalue weighted by Gasteiger charge is -2.50. The Morgan fingerprint density at radius 1 is 0.848 bits per heavy atom. The molecule has 18 heteroatoms. The zero-order valence-corrected chi connectivity index (χ0v) is 39.8. The number of halogens is 1. The molecule has 7 heterocycles. The van der Waals surface area contributed by atoms with Crippen LogP contribution < -0.4 is 25.6 Å². The molecular weight excluding hydrogens is 880 g/mol. The number of fused-ring (bicyclic) bond motifs is 1. The van der Waals surface area contributed by atoms with E-state index in [1.807, 2.05) is 32.9 Å². The van der Waals surface area contributed by atoms with Crippen LogP contribution in [-0.2, 0) is 26.0 Å². The van der Waals surface area contributed by atoms with Gasteiger partial charge in [0.2, 0.25) is 17.8 Å². The van der Waals surface area contributed by atoms with Crippen LogP contribution in [0.4, 0.5) is 29.0 Å². The van der Waals surface area contributed by atoms with Crippen LogP contribution in [0.15, 0.2) is 59.6 Å². The number of carbonyl (C=O) groups is 3. The number of hydrogen-bond acceptors (Lipinski definition) is 14. The topological polar surface area (TPSA) is 182 Å². The molecule has 0 spiro atoms. The van der Waals surface area contributed by atoms with Crippen LogP contribution in [0.3, 0.4) is 0 Å². The number of benzene rings is 2. The summed E-state index contributed by atoms with van der Waals surface area (Å²) in [6.45, 7) is 15.8. The number of nitrogens with one attached hydrogen (secondary N) is 3. The number of para-hydroxylation sites is 1. The first-order chi connectivity index (χ1) is 31.6. The van der Waals surface area contributed by atoms with Crippen molar-refractivity contribution in [2.75, 3.05) is 54.8 Å². The summed E-state index contributed by atoms with van der Waals surface area (Å²) >= 11 is 6.53. The summed E-state index contributed by atoms with van der Waals surface area (Å²) in [5.74, 6) is 1.12. The number of aryl methyl sites for hydroxylation is 1. The van der Waals surface area contributed by atoms with Crippen molar-refractivity contribution in [1.82, 2.24) is 35.0 Å². The number of amides is 3. The van der Waals surface area contributed by atoms with E-state index in [9.17, 15) is 22.8 Å². The molecule has 66 heavy (non-hydrogen) atoms. The normalized spacial score (nSPS) is 20.5. The third-order valence-corrected chi connectivity index (χ3v) is 16.3. The van der Waals surface area contributed by atoms with Crippen molar-refractivity contribution >= 4 is 68.1 Å². The minimum atomic E-state index is -3.58. The van der Waals surface area contributed by atoms with Crippen molar-refractivity contribution in [1.29, 1.82) is 0 Å². The van der Waals surface area contributed by atoms with Crippen LogP contribution in [-0.4, -0.2) is 125 Å². The summed E-state index contributed by atoms with van der Waals surface area (Å²) in [5.41, 5.74) is 5.17. The van der Waals surface area contributed by atoms with E-state index >= 15 is 0 Å². The second kappa shape index (κ2) is 18.7. The molecule has 5 aliphatic heterocycles. The average Bonchev–Trinajstić information content (AvgIpc) is 3.60. The summed E-state index contributed by atoms with van der Waals surface area (Å²) in [6.07, 6.45) is 6.35. The SMILES string of the molecule is Cc1nc(Nc2ncc(Cl)c(Nc3ccccc3S(=O)(=O)C(C)C)n2)c(OC(C)C)cc1C1CCN(C2CCN(C3CN(c4ccc5c(c4)CN(C4CCC(=O)NC4=O)C5=O)C3)CC2)CC1. The van der Waals surface area contributed by atoms with E-state index in [4.69, 9.17) is 21.3 Å². The van der Waals surface area contributed by atoms with Crippen molar-refractivity contribution in [3.05, 3.63) is 82.1 Å². The standard InChI is InChI=1S/C48H59ClN10O6S/c1-28(2)65-41-23-37(30(5)51-45(41)55-48-50-24-38(49)44(54-48)52-39-8-6-7-9-42(39)66(63,64)29(3)4)31-14-18-56(19-15-31)33-16-20-57(21-17-33)35-26-58(27-35)34-10-11-36-32(22-34)25-59(47(36)62)40-12-13-43(60)53-46(40)61/h6-11,22-24,28-29,31,33,35,40H,12-21,25-27H2,1-5H3,(H,53,60,61)(H2,50,51,52,54,55). The van der Waals surface area contributed by atoms with Gasteiger partial charge in [-0.05, 0) is 133 Å². The van der Waals surface area contributed by atoms with Crippen LogP contribution >= 0.6 is 11.6 Å². The van der Waals surface area contributed by atoms with Gasteiger partial charge in [0, 0.05) is 68.2 Å². The molecule has 4 aromatic rings. The summed E-state index contributed by atoms with van der Waals surface area (Å²) < 4.78 is 32.6. The number of aromatic nitrogens is 3. The molecule has 5 aliphatic rings. The maximum Gasteiger partial charge on any atom is 0.255 e. The Bertz CT molecular complexity index is 2630. The predicted octanol–water partition coefficient (Wildman–Crippen LogP) is 6.58. The Hall–Kier alpha value is -5.36. The molecule has 0 bridgehead atoms. The number of anilines is 5. The van der Waals surface area contributed by atoms with Gasteiger partial charge in [-0.1, -0.05) is 23.7 Å². The van der Waals surface area contributed by atoms with E-state index in [1.54, 1.807) is 43.0 Å². The van der Waals surface area contributed by atoms with Crippen LogP contribution in [0, 0.1) is 6.92 Å². The molecule has 4 fully saturated rings. The number of pyridine rings is 1. The largest absolute Gasteiger partial charge is 0.487 e. The zero-order valence-electron chi connectivity index (χ0n) is 38.2. The minimum Gasteiger partial charge on any atom is -0.487 e. The summed E-state index contributed by atoms with van der Waals surface area (Å²) in [6, 6.07) is 15.3. The summed E-state index contributed by atoms with van der Waals surface area (Å²) in [7, 11) is -3.58. The predicted molar refractivity (Wildman–Crippen MR) is 254 cm³/mol. The number of hydrogen-bond donors (Lipinski definition) is 3. The number of ether oxygens (including phenoxy) is 1. The number of piperidine rings is 3. The van der Waals surface area contributed by atoms with Gasteiger partial charge in [-0.2, -0.15) is 4.98 Å². The van der Waals surface area contributed by atoms with E-state index in [0.29, 0.717) is 53.8 Å². The zero-order chi connectivity index (χ0) is 46.4. The third kappa shape index (κ3) is 9.31. The second-order valence-electron chi connectivity index (χ2n) is 18.8. The third-order valence-electron chi connectivity index (χ3n) is 13.9. The Morgan fingerprint density at radius 3 is 2.27 bits per heavy atom. The number of rotatable bonds is 13. The Balaban J connectivity index is 0.778. The highest BCUT2D eigenvalue weighted by molar-refractivity contribution is 7.92. The molecule has 1 unspecified atom stereocenters. The molecule has 16 nitrogen and oxygen atoms in total. The monoisotopic (exact) mass is 938 g/mol. The van der Waals surface area contributed by atoms with Gasteiger partial charge in [0.25, 0.3) is 5.91 Å². The molecule has 4 saturated heterocycles. The van der Waals surface area contributed by atoms with Gasteiger partial charge in [0.05, 0.1) is 28.1 Å². The van der Waals surface area contributed by atoms with Gasteiger partial charge < -0.3 is 30.1 Å². The number of imide groups is 1. The first-order valence-electron chi connectivity index (χ1n) is 23.2. The van der Waals surface area contributed by atoms with Crippen LogP contribution in [0.2, 0.25) is 5.02 Å². The molecule has 9 rings (SSSR count). The van der Waals surface area contributed by atoms with Gasteiger partial charge in [-0.15, -0.1) is 0 Å². The Kier molecular flexibility index (Phi) is 13.0. The average molecular weight is 940 g/mol. The van der Waals surface area contributed by atoms with E-state index in [-0.39, 0.29) is 51.9 Å². The lowest BCUT2D eigenvalue weighted by Crippen LogP contribution is -2.62. The van der Waals surface area contributed by atoms with Gasteiger partial charge >= 0.3 is 0 Å². The highest BCUT2D eigenvalue weighted by atomic mass is 35.5. The van der Waals surface area contributed by atoms with Gasteiger partial charge in [-0.25, -0.2) is 18.4 Å². The number of sulfone groups is 1. The molecule has 3 N–H and O–H groups in total. The Morgan fingerprint density at radius 2 is 1.56 bits per heavy atom. The molecule has 2 aromatic carbocycles. The molecule has 0 saturated carbocycles. The first kappa shape index (κ1) is 45.8. The smallest absolute Gasteiger partial charge is 0.255 e. The minimum absolute atomic E-state index is 0.104. The molecule has 0 aliphatic carbocycles. The van der Waals surface area contributed by atoms with E-state index < -0.39 is 21.1 Å². The van der Waals surface area contributed by atoms with E-state index in [0.717, 1.165) is 81.9 Å². The quantitative estimate of drug-likeness (QED) is 0.122. The van der Waals surface area contributed by atoms with Crippen LogP contribution in [0.25, 0.3) is 0 Å². The van der Waals surface area contributed by atoms with Crippen molar-refractivity contribution in [3.8, 4) is 5.75 Å². The molecule has 350 valence electrons. The van der Waals surface area contributed by atoms with Gasteiger partial charge in [0.1, 0.15) is 11.1 Å². The van der Waals surface area contributed by atoms with Gasteiger partial charge in [-0.3, -0.25) is 24.6 Å². The lowest BCUT2D eigenvalue weighted by atomic mass is 9.87. The van der Waals surface area contributed by atoms with Crippen molar-refractivity contribution < 1.29 is 27.5 Å². The molecule has 1 atom stereocenters. The second-order valence-corrected chi connectivity index (χ2v) is 21.7. The van der Waals surface area contributed by atoms with Gasteiger partial charge in [0.15, 0.2) is 27.2 Å². The fourth-order valence-corrected chi connectivity index (χ4v) is 11.5. The van der Waals surface area contributed by atoms with Crippen molar-refractivity contribution in [3.63, 3.8) is 0 Å². The lowest BCUT2D eigenvalue weighted by molar-refractivity contribution is -0.136. The first-order valence-corrected chi connectivity index (χ1v) is 25.1. The summed E-state index contributed by atoms with van der Waals surface area (Å²) in [4.78, 5) is 60.9. The van der Waals surface area contributed by atoms with E-state index in [2.05, 4.69) is 52.8 Å². The fourth-order valence-electron chi connectivity index (χ4n) is 10.1. The van der Waals surface area contributed by atoms with Crippen molar-refractivity contribution in [2.24, 2.45) is 0 Å². The molecule has 3 amide bonds. The fraction of sp³-hybridized carbons (Fsp3) is 0.500. The maximum absolute atomic E-state index is 13.2. The highest BCUT2D eigenvalue weighted by Gasteiger charge is 2.41. The van der Waals surface area contributed by atoms with E-state index in [1.165, 1.54) is 11.8 Å². The number of carbonyl (C=O) groups excluding carboxylic acids is 3. The molecule has 0 radical (unpaired) electrons. The number of nitrogens with zero attached hydrogens (tertiary/aromatic N) is 7. The van der Waals surface area contributed by atoms with Crippen LogP contribution in [0.5, 0.6) is 5.75 Å². The highest BCUT2D eigenvalue weighted by Crippen LogP contribution is 2.39. The van der Waals surface area contributed by atoms with Crippen molar-refractivity contribution in [2.45, 2.75) is 120 Å². The molecular formula is C48H59ClN10O6S. The van der Waals surface area contributed by atoms with Crippen LogP contribution in [0.1, 0.15) is 99.3 Å². The summed E-state index contributed by atoms with van der Waals surface area (Å²) in [5, 5.41) is 8.37. The maximum atomic E-state index is 13.2.